The van der Waals surface area contributed by atoms with E-state index in [1.165, 1.54) is 0 Å². The Morgan fingerprint density at radius 2 is 1.91 bits per heavy atom. The minimum Gasteiger partial charge on any atom is -0.373 e. The van der Waals surface area contributed by atoms with E-state index < -0.39 is 0 Å². The summed E-state index contributed by atoms with van der Waals surface area (Å²) in [6.45, 7) is 1.31. The maximum atomic E-state index is 12.1. The number of anilines is 1. The van der Waals surface area contributed by atoms with Gasteiger partial charge in [0.25, 0.3) is 5.91 Å². The summed E-state index contributed by atoms with van der Waals surface area (Å²) in [5.74, 6) is -0.105. The highest BCUT2D eigenvalue weighted by Crippen LogP contribution is 2.11. The predicted molar refractivity (Wildman–Crippen MR) is 85.9 cm³/mol. The van der Waals surface area contributed by atoms with Crippen molar-refractivity contribution >= 4 is 22.6 Å². The lowest BCUT2D eigenvalue weighted by Gasteiger charge is -2.19. The lowest BCUT2D eigenvalue weighted by atomic mass is 10.2. The lowest BCUT2D eigenvalue weighted by Crippen LogP contribution is -2.32. The number of carbonyl (C=O) groups excluding carboxylic acids is 1. The Morgan fingerprint density at radius 3 is 2.73 bits per heavy atom. The van der Waals surface area contributed by atoms with Crippen LogP contribution in [0.2, 0.25) is 0 Å². The third-order valence-corrected chi connectivity index (χ3v) is 3.51. The fourth-order valence-electron chi connectivity index (χ4n) is 2.23. The van der Waals surface area contributed by atoms with Crippen molar-refractivity contribution in [2.75, 3.05) is 25.0 Å². The van der Waals surface area contributed by atoms with E-state index in [1.54, 1.807) is 18.2 Å². The number of benzene rings is 2. The molecule has 0 saturated heterocycles. The molecule has 0 aliphatic carbocycles. The second-order valence-corrected chi connectivity index (χ2v) is 5.04. The van der Waals surface area contributed by atoms with Crippen LogP contribution in [0.25, 0.3) is 11.0 Å². The van der Waals surface area contributed by atoms with Crippen LogP contribution < -0.4 is 10.2 Å². The van der Waals surface area contributed by atoms with Gasteiger partial charge in [0.1, 0.15) is 11.0 Å². The van der Waals surface area contributed by atoms with Crippen molar-refractivity contribution in [3.63, 3.8) is 0 Å². The SMILES string of the molecule is CN(CCNC(=O)c1ccc2n[nH]nc2c1)c1ccccc1. The monoisotopic (exact) mass is 295 g/mol. The number of aromatic amines is 1. The van der Waals surface area contributed by atoms with Gasteiger partial charge in [-0.25, -0.2) is 0 Å². The zero-order chi connectivity index (χ0) is 15.4. The normalized spacial score (nSPS) is 10.6. The molecule has 0 fully saturated rings. The van der Waals surface area contributed by atoms with Crippen LogP contribution in [0, 0.1) is 0 Å². The summed E-state index contributed by atoms with van der Waals surface area (Å²) in [5.41, 5.74) is 3.15. The summed E-state index contributed by atoms with van der Waals surface area (Å²) in [7, 11) is 2.00. The van der Waals surface area contributed by atoms with E-state index in [4.69, 9.17) is 0 Å². The molecule has 0 aliphatic rings. The topological polar surface area (TPSA) is 73.9 Å². The minimum atomic E-state index is -0.105. The molecule has 3 aromatic rings. The zero-order valence-corrected chi connectivity index (χ0v) is 12.3. The Labute approximate surface area is 128 Å². The molecule has 0 bridgehead atoms. The van der Waals surface area contributed by atoms with E-state index in [9.17, 15) is 4.79 Å². The van der Waals surface area contributed by atoms with Crippen LogP contribution in [-0.2, 0) is 0 Å². The summed E-state index contributed by atoms with van der Waals surface area (Å²) < 4.78 is 0. The molecule has 1 aromatic heterocycles. The molecule has 0 aliphatic heterocycles. The smallest absolute Gasteiger partial charge is 0.251 e. The molecule has 1 amide bonds. The summed E-state index contributed by atoms with van der Waals surface area (Å²) in [4.78, 5) is 14.2. The third-order valence-electron chi connectivity index (χ3n) is 3.51. The van der Waals surface area contributed by atoms with Gasteiger partial charge < -0.3 is 10.2 Å². The third kappa shape index (κ3) is 3.06. The number of rotatable bonds is 5. The first-order valence-electron chi connectivity index (χ1n) is 7.09. The predicted octanol–water partition coefficient (Wildman–Crippen LogP) is 1.82. The van der Waals surface area contributed by atoms with Gasteiger partial charge in [0, 0.05) is 31.4 Å². The van der Waals surface area contributed by atoms with Gasteiger partial charge in [0.15, 0.2) is 0 Å². The molecular weight excluding hydrogens is 278 g/mol. The Balaban J connectivity index is 1.56. The molecule has 2 aromatic carbocycles. The Bertz CT molecular complexity index is 768. The van der Waals surface area contributed by atoms with Crippen LogP contribution in [0.3, 0.4) is 0 Å². The summed E-state index contributed by atoms with van der Waals surface area (Å²) in [6, 6.07) is 15.3. The first-order chi connectivity index (χ1) is 10.7. The van der Waals surface area contributed by atoms with E-state index in [1.807, 2.05) is 37.4 Å². The number of likely N-dealkylation sites (N-methyl/N-ethyl adjacent to an activating group) is 1. The van der Waals surface area contributed by atoms with Crippen molar-refractivity contribution in [1.29, 1.82) is 0 Å². The van der Waals surface area contributed by atoms with E-state index in [2.05, 4.69) is 25.6 Å². The van der Waals surface area contributed by atoms with Crippen molar-refractivity contribution in [2.24, 2.45) is 0 Å². The van der Waals surface area contributed by atoms with Gasteiger partial charge in [-0.15, -0.1) is 0 Å². The number of aromatic nitrogens is 3. The quantitative estimate of drug-likeness (QED) is 0.753. The van der Waals surface area contributed by atoms with Gasteiger partial charge in [-0.3, -0.25) is 4.79 Å². The number of para-hydroxylation sites is 1. The van der Waals surface area contributed by atoms with Crippen molar-refractivity contribution < 1.29 is 4.79 Å². The molecular formula is C16H17N5O. The molecule has 3 rings (SSSR count). The van der Waals surface area contributed by atoms with Crippen LogP contribution >= 0.6 is 0 Å². The molecule has 22 heavy (non-hydrogen) atoms. The van der Waals surface area contributed by atoms with Gasteiger partial charge in [-0.2, -0.15) is 15.4 Å². The largest absolute Gasteiger partial charge is 0.373 e. The fraction of sp³-hybridized carbons (Fsp3) is 0.188. The molecule has 0 saturated carbocycles. The van der Waals surface area contributed by atoms with Gasteiger partial charge >= 0.3 is 0 Å². The summed E-state index contributed by atoms with van der Waals surface area (Å²) in [5, 5.41) is 13.4. The van der Waals surface area contributed by atoms with Crippen LogP contribution in [0.1, 0.15) is 10.4 Å². The van der Waals surface area contributed by atoms with E-state index in [0.29, 0.717) is 17.6 Å². The van der Waals surface area contributed by atoms with Crippen LogP contribution in [-0.4, -0.2) is 41.5 Å². The van der Waals surface area contributed by atoms with Crippen molar-refractivity contribution in [1.82, 2.24) is 20.7 Å². The molecule has 0 radical (unpaired) electrons. The zero-order valence-electron chi connectivity index (χ0n) is 12.3. The number of nitrogens with one attached hydrogen (secondary N) is 2. The number of nitrogens with zero attached hydrogens (tertiary/aromatic N) is 3. The maximum absolute atomic E-state index is 12.1. The maximum Gasteiger partial charge on any atom is 0.251 e. The minimum absolute atomic E-state index is 0.105. The Kier molecular flexibility index (Phi) is 4.00. The van der Waals surface area contributed by atoms with Crippen LogP contribution in [0.4, 0.5) is 5.69 Å². The van der Waals surface area contributed by atoms with Gasteiger partial charge in [-0.1, -0.05) is 18.2 Å². The molecule has 0 unspecified atom stereocenters. The highest BCUT2D eigenvalue weighted by Gasteiger charge is 2.08. The van der Waals surface area contributed by atoms with Crippen molar-refractivity contribution in [3.8, 4) is 0 Å². The first kappa shape index (κ1) is 14.1. The van der Waals surface area contributed by atoms with Crippen LogP contribution in [0.15, 0.2) is 48.5 Å². The van der Waals surface area contributed by atoms with Gasteiger partial charge in [-0.05, 0) is 30.3 Å². The molecule has 112 valence electrons. The Hall–Kier alpha value is -2.89. The number of hydrogen-bond acceptors (Lipinski definition) is 4. The highest BCUT2D eigenvalue weighted by atomic mass is 16.1. The molecule has 6 nitrogen and oxygen atoms in total. The van der Waals surface area contributed by atoms with Gasteiger partial charge in [0.2, 0.25) is 0 Å². The standard InChI is InChI=1S/C16H17N5O/c1-21(13-5-3-2-4-6-13)10-9-17-16(22)12-7-8-14-15(11-12)19-20-18-14/h2-8,11H,9-10H2,1H3,(H,17,22)(H,18,19,20). The number of H-pyrrole nitrogens is 1. The molecule has 0 atom stereocenters. The number of carbonyl (C=O) groups is 1. The average Bonchev–Trinajstić information content (AvgIpc) is 3.03. The average molecular weight is 295 g/mol. The van der Waals surface area contributed by atoms with Crippen molar-refractivity contribution in [2.45, 2.75) is 0 Å². The number of fused-ring (bicyclic) bond motifs is 1. The van der Waals surface area contributed by atoms with Gasteiger partial charge in [0.05, 0.1) is 0 Å². The molecule has 0 spiro atoms. The molecule has 6 heteroatoms. The van der Waals surface area contributed by atoms with E-state index in [0.717, 1.165) is 17.7 Å². The summed E-state index contributed by atoms with van der Waals surface area (Å²) in [6.07, 6.45) is 0. The lowest BCUT2D eigenvalue weighted by molar-refractivity contribution is 0.0955. The van der Waals surface area contributed by atoms with E-state index >= 15 is 0 Å². The Morgan fingerprint density at radius 1 is 1.14 bits per heavy atom. The fourth-order valence-corrected chi connectivity index (χ4v) is 2.23. The number of hydrogen-bond donors (Lipinski definition) is 2. The second-order valence-electron chi connectivity index (χ2n) is 5.04. The first-order valence-corrected chi connectivity index (χ1v) is 7.09. The van der Waals surface area contributed by atoms with Crippen LogP contribution in [0.5, 0.6) is 0 Å². The second kappa shape index (κ2) is 6.26. The van der Waals surface area contributed by atoms with Crippen molar-refractivity contribution in [3.05, 3.63) is 54.1 Å². The molecule has 1 heterocycles. The highest BCUT2D eigenvalue weighted by molar-refractivity contribution is 5.97. The van der Waals surface area contributed by atoms with E-state index in [-0.39, 0.29) is 5.91 Å². The molecule has 2 N–H and O–H groups in total. The summed E-state index contributed by atoms with van der Waals surface area (Å²) >= 11 is 0. The number of amides is 1.